The van der Waals surface area contributed by atoms with E-state index in [1.54, 1.807) is 49.3 Å². The molecule has 0 saturated heterocycles. The van der Waals surface area contributed by atoms with Crippen LogP contribution in [0.4, 0.5) is 0 Å². The van der Waals surface area contributed by atoms with Crippen molar-refractivity contribution in [3.05, 3.63) is 59.2 Å². The van der Waals surface area contributed by atoms with Crippen LogP contribution in [-0.2, 0) is 11.3 Å². The molecule has 0 aliphatic carbocycles. The standard InChI is InChI=1S/C21H23N3O4/c1-4-27-19-11-16(12-22)7-10-18(19)28-14-20(25)24(3)13-15-5-8-17(9-6-15)21(26)23-2/h5-11H,4,13-14H2,1-3H3,(H,23,26). The zero-order valence-corrected chi connectivity index (χ0v) is 16.2. The highest BCUT2D eigenvalue weighted by Gasteiger charge is 2.13. The van der Waals surface area contributed by atoms with E-state index in [4.69, 9.17) is 14.7 Å². The van der Waals surface area contributed by atoms with Crippen molar-refractivity contribution in [3.63, 3.8) is 0 Å². The van der Waals surface area contributed by atoms with E-state index in [0.29, 0.717) is 35.8 Å². The lowest BCUT2D eigenvalue weighted by atomic mass is 10.1. The van der Waals surface area contributed by atoms with Crippen LogP contribution >= 0.6 is 0 Å². The third-order valence-electron chi connectivity index (χ3n) is 4.01. The van der Waals surface area contributed by atoms with E-state index < -0.39 is 0 Å². The van der Waals surface area contributed by atoms with Crippen molar-refractivity contribution in [2.24, 2.45) is 0 Å². The minimum atomic E-state index is -0.206. The lowest BCUT2D eigenvalue weighted by Gasteiger charge is -2.18. The number of carbonyl (C=O) groups excluding carboxylic acids is 2. The fraction of sp³-hybridized carbons (Fsp3) is 0.286. The Balaban J connectivity index is 1.96. The van der Waals surface area contributed by atoms with Crippen molar-refractivity contribution < 1.29 is 19.1 Å². The van der Waals surface area contributed by atoms with E-state index in [0.717, 1.165) is 5.56 Å². The van der Waals surface area contributed by atoms with Gasteiger partial charge in [0.05, 0.1) is 18.2 Å². The first-order valence-electron chi connectivity index (χ1n) is 8.83. The molecule has 1 N–H and O–H groups in total. The molecule has 2 aromatic rings. The van der Waals surface area contributed by atoms with Gasteiger partial charge in [-0.3, -0.25) is 9.59 Å². The van der Waals surface area contributed by atoms with Crippen molar-refractivity contribution in [3.8, 4) is 17.6 Å². The van der Waals surface area contributed by atoms with E-state index in [1.165, 1.54) is 0 Å². The fourth-order valence-corrected chi connectivity index (χ4v) is 2.48. The largest absolute Gasteiger partial charge is 0.490 e. The van der Waals surface area contributed by atoms with Gasteiger partial charge in [0.25, 0.3) is 11.8 Å². The van der Waals surface area contributed by atoms with Crippen LogP contribution in [0.3, 0.4) is 0 Å². The Hall–Kier alpha value is -3.53. The second-order valence-electron chi connectivity index (χ2n) is 6.02. The molecule has 0 unspecified atom stereocenters. The van der Waals surface area contributed by atoms with Crippen LogP contribution in [0.2, 0.25) is 0 Å². The molecule has 0 saturated carbocycles. The molecule has 0 aliphatic rings. The topological polar surface area (TPSA) is 91.7 Å². The number of amides is 2. The van der Waals surface area contributed by atoms with Crippen LogP contribution in [0, 0.1) is 11.3 Å². The lowest BCUT2D eigenvalue weighted by molar-refractivity contribution is -0.132. The van der Waals surface area contributed by atoms with Gasteiger partial charge in [-0.2, -0.15) is 5.26 Å². The first-order valence-corrected chi connectivity index (χ1v) is 8.83. The predicted molar refractivity (Wildman–Crippen MR) is 104 cm³/mol. The summed E-state index contributed by atoms with van der Waals surface area (Å²) in [7, 11) is 3.26. The second kappa shape index (κ2) is 9.97. The molecule has 146 valence electrons. The number of hydrogen-bond acceptors (Lipinski definition) is 5. The maximum absolute atomic E-state index is 12.4. The van der Waals surface area contributed by atoms with Crippen LogP contribution in [-0.4, -0.2) is 44.0 Å². The van der Waals surface area contributed by atoms with Crippen LogP contribution in [0.5, 0.6) is 11.5 Å². The normalized spacial score (nSPS) is 9.93. The Bertz CT molecular complexity index is 872. The molecule has 2 rings (SSSR count). The zero-order valence-electron chi connectivity index (χ0n) is 16.2. The van der Waals surface area contributed by atoms with E-state index in [-0.39, 0.29) is 18.4 Å². The SMILES string of the molecule is CCOc1cc(C#N)ccc1OCC(=O)N(C)Cc1ccc(C(=O)NC)cc1. The Morgan fingerprint density at radius 3 is 2.43 bits per heavy atom. The monoisotopic (exact) mass is 381 g/mol. The third kappa shape index (κ3) is 5.48. The fourth-order valence-electron chi connectivity index (χ4n) is 2.48. The van der Waals surface area contributed by atoms with Crippen LogP contribution in [0.1, 0.15) is 28.4 Å². The maximum atomic E-state index is 12.4. The molecular weight excluding hydrogens is 358 g/mol. The summed E-state index contributed by atoms with van der Waals surface area (Å²) in [6, 6.07) is 13.9. The number of ether oxygens (including phenoxy) is 2. The molecule has 0 bridgehead atoms. The average Bonchev–Trinajstić information content (AvgIpc) is 2.72. The van der Waals surface area contributed by atoms with Gasteiger partial charge >= 0.3 is 0 Å². The van der Waals surface area contributed by atoms with Crippen molar-refractivity contribution >= 4 is 11.8 Å². The minimum absolute atomic E-state index is 0.154. The summed E-state index contributed by atoms with van der Waals surface area (Å²) in [6.45, 7) is 2.49. The van der Waals surface area contributed by atoms with Gasteiger partial charge in [0.15, 0.2) is 18.1 Å². The summed E-state index contributed by atoms with van der Waals surface area (Å²) >= 11 is 0. The van der Waals surface area contributed by atoms with Crippen molar-refractivity contribution in [1.82, 2.24) is 10.2 Å². The number of nitrogens with zero attached hydrogens (tertiary/aromatic N) is 2. The summed E-state index contributed by atoms with van der Waals surface area (Å²) in [5, 5.41) is 11.5. The van der Waals surface area contributed by atoms with E-state index in [2.05, 4.69) is 5.32 Å². The molecule has 0 radical (unpaired) electrons. The van der Waals surface area contributed by atoms with E-state index in [1.807, 2.05) is 25.1 Å². The van der Waals surface area contributed by atoms with E-state index in [9.17, 15) is 9.59 Å². The summed E-state index contributed by atoms with van der Waals surface area (Å²) in [4.78, 5) is 25.5. The van der Waals surface area contributed by atoms with Gasteiger partial charge in [0.1, 0.15) is 0 Å². The Labute approximate surface area is 164 Å². The summed E-state index contributed by atoms with van der Waals surface area (Å²) in [5.41, 5.74) is 1.92. The van der Waals surface area contributed by atoms with Crippen molar-refractivity contribution in [2.75, 3.05) is 27.3 Å². The number of nitrogens with one attached hydrogen (secondary N) is 1. The number of likely N-dealkylation sites (N-methyl/N-ethyl adjacent to an activating group) is 1. The Morgan fingerprint density at radius 1 is 1.11 bits per heavy atom. The molecule has 0 aliphatic heterocycles. The first kappa shape index (κ1) is 20.8. The van der Waals surface area contributed by atoms with Gasteiger partial charge in [0.2, 0.25) is 0 Å². The molecule has 0 aromatic heterocycles. The molecular formula is C21H23N3O4. The predicted octanol–water partition coefficient (Wildman–Crippen LogP) is 2.35. The highest BCUT2D eigenvalue weighted by Crippen LogP contribution is 2.28. The van der Waals surface area contributed by atoms with Gasteiger partial charge in [-0.05, 0) is 36.8 Å². The molecule has 7 heteroatoms. The van der Waals surface area contributed by atoms with Crippen molar-refractivity contribution in [2.45, 2.75) is 13.5 Å². The third-order valence-corrected chi connectivity index (χ3v) is 4.01. The second-order valence-corrected chi connectivity index (χ2v) is 6.02. The van der Waals surface area contributed by atoms with Gasteiger partial charge < -0.3 is 19.7 Å². The smallest absolute Gasteiger partial charge is 0.260 e. The lowest BCUT2D eigenvalue weighted by Crippen LogP contribution is -2.31. The maximum Gasteiger partial charge on any atom is 0.260 e. The number of nitriles is 1. The molecule has 28 heavy (non-hydrogen) atoms. The van der Waals surface area contributed by atoms with Gasteiger partial charge in [-0.15, -0.1) is 0 Å². The molecule has 0 spiro atoms. The highest BCUT2D eigenvalue weighted by atomic mass is 16.5. The quantitative estimate of drug-likeness (QED) is 0.758. The molecule has 2 aromatic carbocycles. The number of hydrogen-bond donors (Lipinski definition) is 1. The van der Waals surface area contributed by atoms with Crippen LogP contribution in [0.25, 0.3) is 0 Å². The summed E-state index contributed by atoms with van der Waals surface area (Å²) < 4.78 is 11.1. The number of rotatable bonds is 8. The van der Waals surface area contributed by atoms with Gasteiger partial charge in [-0.25, -0.2) is 0 Å². The molecule has 7 nitrogen and oxygen atoms in total. The minimum Gasteiger partial charge on any atom is -0.490 e. The molecule has 0 atom stereocenters. The highest BCUT2D eigenvalue weighted by molar-refractivity contribution is 5.93. The number of benzene rings is 2. The molecule has 0 heterocycles. The Morgan fingerprint density at radius 2 is 1.82 bits per heavy atom. The summed E-state index contributed by atoms with van der Waals surface area (Å²) in [5.74, 6) is 0.485. The van der Waals surface area contributed by atoms with Crippen LogP contribution < -0.4 is 14.8 Å². The van der Waals surface area contributed by atoms with Crippen LogP contribution in [0.15, 0.2) is 42.5 Å². The Kier molecular flexibility index (Phi) is 7.40. The first-order chi connectivity index (χ1) is 13.5. The van der Waals surface area contributed by atoms with Gasteiger partial charge in [-0.1, -0.05) is 12.1 Å². The van der Waals surface area contributed by atoms with E-state index >= 15 is 0 Å². The molecule has 2 amide bonds. The molecule has 0 fully saturated rings. The van der Waals surface area contributed by atoms with Gasteiger partial charge in [0, 0.05) is 32.3 Å². The zero-order chi connectivity index (χ0) is 20.5. The number of carbonyl (C=O) groups is 2. The summed E-state index contributed by atoms with van der Waals surface area (Å²) in [6.07, 6.45) is 0. The van der Waals surface area contributed by atoms with Crippen molar-refractivity contribution in [1.29, 1.82) is 5.26 Å². The average molecular weight is 381 g/mol.